The van der Waals surface area contributed by atoms with E-state index >= 15 is 0 Å². The van der Waals surface area contributed by atoms with Crippen LogP contribution >= 0.6 is 0 Å². The fourth-order valence-corrected chi connectivity index (χ4v) is 2.90. The fraction of sp³-hybridized carbons (Fsp3) is 0.375. The van der Waals surface area contributed by atoms with Crippen LogP contribution in [0.4, 0.5) is 5.95 Å². The Hall–Kier alpha value is -3.95. The highest BCUT2D eigenvalue weighted by Gasteiger charge is 2.10. The van der Waals surface area contributed by atoms with E-state index in [0.29, 0.717) is 29.6 Å². The van der Waals surface area contributed by atoms with Crippen molar-refractivity contribution in [3.63, 3.8) is 0 Å². The lowest BCUT2D eigenvalue weighted by Crippen LogP contribution is -2.24. The number of aromatic amines is 2. The lowest BCUT2D eigenvalue weighted by molar-refractivity contribution is -0.122. The number of nitrogens with two attached hydrogens (primary N) is 1. The number of hydrogen-bond donors (Lipinski definition) is 5. The molecule has 186 valence electrons. The third-order valence-corrected chi connectivity index (χ3v) is 4.36. The summed E-state index contributed by atoms with van der Waals surface area (Å²) in [5.74, 6) is 0.0560. The predicted molar refractivity (Wildman–Crippen MR) is 134 cm³/mol. The van der Waals surface area contributed by atoms with E-state index in [4.69, 9.17) is 20.4 Å². The van der Waals surface area contributed by atoms with Crippen molar-refractivity contribution >= 4 is 35.6 Å². The van der Waals surface area contributed by atoms with E-state index in [1.54, 1.807) is 6.20 Å². The maximum Gasteiger partial charge on any atom is 0.290 e. The molecule has 0 unspecified atom stereocenters. The molecule has 2 aromatic heterocycles. The summed E-state index contributed by atoms with van der Waals surface area (Å²) in [4.78, 5) is 50.9. The molecule has 3 rings (SSSR count). The zero-order chi connectivity index (χ0) is 25.9. The predicted octanol–water partition coefficient (Wildman–Crippen LogP) is 3.08. The van der Waals surface area contributed by atoms with Crippen LogP contribution in [0.2, 0.25) is 0 Å². The SMILES string of the molecule is CC.CC=O.CCCCNC(=O)c1ccc(CCc2c[nH]c3nc(N)[nH]c(=O)c23)cc1.O=CO. The molecule has 0 bridgehead atoms. The molecule has 0 aliphatic carbocycles. The third kappa shape index (κ3) is 10.1. The van der Waals surface area contributed by atoms with Crippen LogP contribution in [0.1, 0.15) is 62.0 Å². The number of amides is 1. The summed E-state index contributed by atoms with van der Waals surface area (Å²) in [5, 5.41) is 10.3. The summed E-state index contributed by atoms with van der Waals surface area (Å²) in [5.41, 5.74) is 8.48. The highest BCUT2D eigenvalue weighted by atomic mass is 16.3. The Morgan fingerprint density at radius 1 is 1.18 bits per heavy atom. The van der Waals surface area contributed by atoms with E-state index in [-0.39, 0.29) is 23.9 Å². The topological polar surface area (TPSA) is 171 Å². The number of nitrogens with one attached hydrogen (secondary N) is 3. The summed E-state index contributed by atoms with van der Waals surface area (Å²) in [7, 11) is 0. The number of rotatable bonds is 7. The van der Waals surface area contributed by atoms with Crippen LogP contribution in [-0.4, -0.2) is 45.3 Å². The quantitative estimate of drug-likeness (QED) is 0.259. The first-order valence-electron chi connectivity index (χ1n) is 11.1. The van der Waals surface area contributed by atoms with Crippen molar-refractivity contribution < 1.29 is 19.5 Å². The van der Waals surface area contributed by atoms with Gasteiger partial charge in [0.15, 0.2) is 0 Å². The maximum atomic E-state index is 12.1. The standard InChI is InChI=1S/C19H23N5O2.C2H4O.C2H6.CH2O2/c1-2-3-10-21-17(25)13-7-4-12(5-8-13)6-9-14-11-22-16-15(14)18(26)24-19(20)23-16;1-2-3;1-2;2-1-3/h4-5,7-8,11H,2-3,6,9-10H2,1H3,(H,21,25)(H4,20,22,23,24,26);2H,1H3;1-2H3;1H,(H,2,3). The van der Waals surface area contributed by atoms with Crippen LogP contribution in [0.3, 0.4) is 0 Å². The van der Waals surface area contributed by atoms with Crippen molar-refractivity contribution in [3.05, 3.63) is 57.5 Å². The van der Waals surface area contributed by atoms with Gasteiger partial charge in [-0.3, -0.25) is 19.4 Å². The van der Waals surface area contributed by atoms with E-state index in [9.17, 15) is 9.59 Å². The minimum Gasteiger partial charge on any atom is -0.483 e. The molecule has 2 heterocycles. The van der Waals surface area contributed by atoms with Gasteiger partial charge in [-0.05, 0) is 49.4 Å². The number of aryl methyl sites for hydroxylation is 2. The Bertz CT molecular complexity index is 1050. The molecule has 1 aromatic carbocycles. The second-order valence-corrected chi connectivity index (χ2v) is 6.64. The molecule has 0 aliphatic rings. The van der Waals surface area contributed by atoms with Gasteiger partial charge in [-0.2, -0.15) is 4.98 Å². The van der Waals surface area contributed by atoms with Gasteiger partial charge in [0.05, 0.1) is 5.39 Å². The molecular weight excluding hydrogens is 438 g/mol. The average molecular weight is 474 g/mol. The molecule has 0 saturated carbocycles. The summed E-state index contributed by atoms with van der Waals surface area (Å²) in [6, 6.07) is 7.57. The van der Waals surface area contributed by atoms with E-state index < -0.39 is 0 Å². The average Bonchev–Trinajstić information content (AvgIpc) is 3.23. The largest absolute Gasteiger partial charge is 0.483 e. The third-order valence-electron chi connectivity index (χ3n) is 4.36. The van der Waals surface area contributed by atoms with E-state index in [2.05, 4.69) is 27.2 Å². The molecule has 0 radical (unpaired) electrons. The number of nitrogens with zero attached hydrogens (tertiary/aromatic N) is 1. The van der Waals surface area contributed by atoms with Gasteiger partial charge in [0.2, 0.25) is 5.95 Å². The van der Waals surface area contributed by atoms with Crippen LogP contribution < -0.4 is 16.6 Å². The number of aldehydes is 1. The number of carboxylic acid groups (broad SMARTS) is 1. The summed E-state index contributed by atoms with van der Waals surface area (Å²) >= 11 is 0. The molecule has 34 heavy (non-hydrogen) atoms. The first-order valence-corrected chi connectivity index (χ1v) is 11.1. The first-order chi connectivity index (χ1) is 16.4. The Labute approximate surface area is 199 Å². The Morgan fingerprint density at radius 3 is 2.32 bits per heavy atom. The number of anilines is 1. The van der Waals surface area contributed by atoms with Gasteiger partial charge in [0, 0.05) is 18.3 Å². The maximum absolute atomic E-state index is 12.1. The molecular formula is C24H35N5O5. The van der Waals surface area contributed by atoms with Gasteiger partial charge in [-0.25, -0.2) is 0 Å². The number of fused-ring (bicyclic) bond motifs is 1. The van der Waals surface area contributed by atoms with Gasteiger partial charge in [0.1, 0.15) is 11.9 Å². The lowest BCUT2D eigenvalue weighted by Gasteiger charge is -2.06. The molecule has 10 nitrogen and oxygen atoms in total. The molecule has 10 heteroatoms. The molecule has 0 fully saturated rings. The van der Waals surface area contributed by atoms with Gasteiger partial charge in [-0.15, -0.1) is 0 Å². The highest BCUT2D eigenvalue weighted by molar-refractivity contribution is 5.94. The van der Waals surface area contributed by atoms with Crippen LogP contribution in [0.5, 0.6) is 0 Å². The number of carbonyl (C=O) groups is 3. The first kappa shape index (κ1) is 30.0. The second-order valence-electron chi connectivity index (χ2n) is 6.64. The van der Waals surface area contributed by atoms with Crippen molar-refractivity contribution in [2.45, 2.75) is 53.4 Å². The van der Waals surface area contributed by atoms with Crippen LogP contribution in [0.25, 0.3) is 11.0 Å². The molecule has 0 saturated heterocycles. The fourth-order valence-electron chi connectivity index (χ4n) is 2.90. The number of benzene rings is 1. The molecule has 0 atom stereocenters. The minimum absolute atomic E-state index is 0.0446. The second kappa shape index (κ2) is 17.6. The van der Waals surface area contributed by atoms with E-state index in [1.807, 2.05) is 38.1 Å². The molecule has 1 amide bonds. The summed E-state index contributed by atoms with van der Waals surface area (Å²) in [6.07, 6.45) is 6.03. The molecule has 3 aromatic rings. The van der Waals surface area contributed by atoms with Gasteiger partial charge in [-0.1, -0.05) is 39.3 Å². The van der Waals surface area contributed by atoms with Gasteiger partial charge < -0.3 is 25.9 Å². The zero-order valence-electron chi connectivity index (χ0n) is 20.2. The number of carbonyl (C=O) groups excluding carboxylic acids is 2. The smallest absolute Gasteiger partial charge is 0.290 e. The van der Waals surface area contributed by atoms with Crippen LogP contribution in [0, 0.1) is 0 Å². The number of hydrogen-bond acceptors (Lipinski definition) is 6. The lowest BCUT2D eigenvalue weighted by atomic mass is 10.0. The van der Waals surface area contributed by atoms with Crippen LogP contribution in [-0.2, 0) is 22.4 Å². The van der Waals surface area contributed by atoms with Crippen molar-refractivity contribution in [2.75, 3.05) is 12.3 Å². The van der Waals surface area contributed by atoms with E-state index in [1.165, 1.54) is 6.92 Å². The van der Waals surface area contributed by atoms with Crippen LogP contribution in [0.15, 0.2) is 35.3 Å². The summed E-state index contributed by atoms with van der Waals surface area (Å²) < 4.78 is 0. The van der Waals surface area contributed by atoms with E-state index in [0.717, 1.165) is 36.7 Å². The van der Waals surface area contributed by atoms with Crippen molar-refractivity contribution in [2.24, 2.45) is 0 Å². The number of nitrogen functional groups attached to an aromatic ring is 1. The van der Waals surface area contributed by atoms with Crippen molar-refractivity contribution in [1.82, 2.24) is 20.3 Å². The van der Waals surface area contributed by atoms with Crippen molar-refractivity contribution in [1.29, 1.82) is 0 Å². The monoisotopic (exact) mass is 473 g/mol. The van der Waals surface area contributed by atoms with Crippen molar-refractivity contribution in [3.8, 4) is 0 Å². The minimum atomic E-state index is -0.250. The Morgan fingerprint density at radius 2 is 1.76 bits per heavy atom. The number of unbranched alkanes of at least 4 members (excludes halogenated alkanes) is 1. The Balaban J connectivity index is 0.00000121. The van der Waals surface area contributed by atoms with Gasteiger partial charge in [0.25, 0.3) is 17.9 Å². The zero-order valence-corrected chi connectivity index (χ0v) is 20.2. The molecule has 0 aliphatic heterocycles. The summed E-state index contributed by atoms with van der Waals surface area (Å²) in [6.45, 7) is 7.98. The molecule has 6 N–H and O–H groups in total. The Kier molecular flexibility index (Phi) is 15.5. The number of H-pyrrole nitrogens is 2. The normalized spacial score (nSPS) is 9.29. The molecule has 0 spiro atoms. The highest BCUT2D eigenvalue weighted by Crippen LogP contribution is 2.16. The number of aromatic nitrogens is 3. The van der Waals surface area contributed by atoms with Gasteiger partial charge >= 0.3 is 0 Å².